The summed E-state index contributed by atoms with van der Waals surface area (Å²) < 4.78 is 44.6. The largest absolute Gasteiger partial charge is 0.478 e. The van der Waals surface area contributed by atoms with E-state index < -0.39 is 17.7 Å². The summed E-state index contributed by atoms with van der Waals surface area (Å²) in [6.07, 6.45) is -2.93. The number of hydrogen-bond acceptors (Lipinski definition) is 3. The number of alkyl halides is 3. The lowest BCUT2D eigenvalue weighted by Crippen LogP contribution is -2.31. The number of methoxy groups -OCH3 is 1. The molecule has 21 heavy (non-hydrogen) atoms. The minimum absolute atomic E-state index is 0.0204. The number of aromatic carboxylic acids is 1. The number of hydrogen-bond donors (Lipinski definition) is 1. The van der Waals surface area contributed by atoms with Gasteiger partial charge < -0.3 is 14.7 Å². The Kier molecular flexibility index (Phi) is 4.41. The van der Waals surface area contributed by atoms with Crippen molar-refractivity contribution in [3.05, 3.63) is 29.3 Å². The molecule has 1 aliphatic rings. The Labute approximate surface area is 120 Å². The molecule has 0 aromatic heterocycles. The van der Waals surface area contributed by atoms with E-state index in [1.165, 1.54) is 19.2 Å². The van der Waals surface area contributed by atoms with Crippen LogP contribution in [0.5, 0.6) is 0 Å². The number of anilines is 1. The smallest absolute Gasteiger partial charge is 0.418 e. The van der Waals surface area contributed by atoms with Crippen LogP contribution in [0.2, 0.25) is 0 Å². The summed E-state index contributed by atoms with van der Waals surface area (Å²) in [6, 6.07) is 3.20. The lowest BCUT2D eigenvalue weighted by atomic mass is 10.1. The Bertz CT molecular complexity index is 527. The normalized spacial score (nSPS) is 15.0. The van der Waals surface area contributed by atoms with Crippen LogP contribution in [0.3, 0.4) is 0 Å². The lowest BCUT2D eigenvalue weighted by molar-refractivity contribution is -0.137. The quantitative estimate of drug-likeness (QED) is 0.877. The van der Waals surface area contributed by atoms with Crippen LogP contribution in [0.1, 0.15) is 28.8 Å². The van der Waals surface area contributed by atoms with Gasteiger partial charge in [-0.2, -0.15) is 13.2 Å². The van der Waals surface area contributed by atoms with E-state index >= 15 is 0 Å². The number of rotatable bonds is 6. The van der Waals surface area contributed by atoms with Gasteiger partial charge >= 0.3 is 12.1 Å². The monoisotopic (exact) mass is 303 g/mol. The highest BCUT2D eigenvalue weighted by Gasteiger charge is 2.38. The van der Waals surface area contributed by atoms with Gasteiger partial charge in [-0.25, -0.2) is 4.79 Å². The lowest BCUT2D eigenvalue weighted by Gasteiger charge is -2.27. The van der Waals surface area contributed by atoms with Crippen molar-refractivity contribution < 1.29 is 27.8 Å². The fourth-order valence-corrected chi connectivity index (χ4v) is 2.22. The highest BCUT2D eigenvalue weighted by atomic mass is 19.4. The van der Waals surface area contributed by atoms with Crippen LogP contribution >= 0.6 is 0 Å². The van der Waals surface area contributed by atoms with Gasteiger partial charge in [-0.1, -0.05) is 0 Å². The van der Waals surface area contributed by atoms with Gasteiger partial charge in [0, 0.05) is 25.4 Å². The van der Waals surface area contributed by atoms with E-state index in [0.717, 1.165) is 12.8 Å². The zero-order valence-electron chi connectivity index (χ0n) is 11.5. The molecule has 0 bridgehead atoms. The molecule has 0 amide bonds. The first-order valence-corrected chi connectivity index (χ1v) is 6.54. The second kappa shape index (κ2) is 5.93. The van der Waals surface area contributed by atoms with E-state index in [9.17, 15) is 18.0 Å². The summed E-state index contributed by atoms with van der Waals surface area (Å²) in [5.74, 6) is -1.37. The summed E-state index contributed by atoms with van der Waals surface area (Å²) in [4.78, 5) is 12.5. The van der Waals surface area contributed by atoms with Gasteiger partial charge in [-0.3, -0.25) is 0 Å². The molecule has 0 saturated heterocycles. The van der Waals surface area contributed by atoms with Gasteiger partial charge in [0.1, 0.15) is 0 Å². The molecule has 4 nitrogen and oxygen atoms in total. The maximum absolute atomic E-state index is 13.2. The van der Waals surface area contributed by atoms with Crippen molar-refractivity contribution in [1.29, 1.82) is 0 Å². The molecule has 2 rings (SSSR count). The minimum atomic E-state index is -4.60. The van der Waals surface area contributed by atoms with Gasteiger partial charge in [-0.15, -0.1) is 0 Å². The first-order chi connectivity index (χ1) is 9.84. The number of halogens is 3. The van der Waals surface area contributed by atoms with Crippen LogP contribution in [-0.2, 0) is 10.9 Å². The molecule has 0 spiro atoms. The first-order valence-electron chi connectivity index (χ1n) is 6.54. The molecule has 0 radical (unpaired) electrons. The van der Waals surface area contributed by atoms with Crippen molar-refractivity contribution in [2.75, 3.05) is 25.2 Å². The van der Waals surface area contributed by atoms with Crippen LogP contribution in [0, 0.1) is 0 Å². The van der Waals surface area contributed by atoms with Crippen LogP contribution in [-0.4, -0.2) is 37.4 Å². The highest BCUT2D eigenvalue weighted by molar-refractivity contribution is 5.88. The molecular weight excluding hydrogens is 287 g/mol. The van der Waals surface area contributed by atoms with E-state index in [0.29, 0.717) is 19.2 Å². The Hall–Kier alpha value is -1.76. The molecule has 1 saturated carbocycles. The standard InChI is InChI=1S/C14H16F3NO3/c1-21-7-6-18(10-3-4-10)12-5-2-9(13(19)20)8-11(12)14(15,16)17/h2,5,8,10H,3-4,6-7H2,1H3,(H,19,20). The highest BCUT2D eigenvalue weighted by Crippen LogP contribution is 2.41. The predicted molar refractivity (Wildman–Crippen MR) is 70.6 cm³/mol. The van der Waals surface area contributed by atoms with Gasteiger partial charge in [0.2, 0.25) is 0 Å². The molecule has 0 unspecified atom stereocenters. The molecule has 1 aromatic carbocycles. The third-order valence-corrected chi connectivity index (χ3v) is 3.38. The number of benzene rings is 1. The van der Waals surface area contributed by atoms with Crippen LogP contribution in [0.15, 0.2) is 18.2 Å². The van der Waals surface area contributed by atoms with Crippen molar-refractivity contribution in [3.63, 3.8) is 0 Å². The average molecular weight is 303 g/mol. The molecule has 7 heteroatoms. The SMILES string of the molecule is COCCN(c1ccc(C(=O)O)cc1C(F)(F)F)C1CC1. The molecule has 1 fully saturated rings. The van der Waals surface area contributed by atoms with E-state index in [-0.39, 0.29) is 17.3 Å². The first kappa shape index (κ1) is 15.6. The van der Waals surface area contributed by atoms with E-state index in [4.69, 9.17) is 9.84 Å². The summed E-state index contributed by atoms with van der Waals surface area (Å²) in [6.45, 7) is 0.658. The summed E-state index contributed by atoms with van der Waals surface area (Å²) >= 11 is 0. The molecule has 0 aliphatic heterocycles. The number of carboxylic acid groups (broad SMARTS) is 1. The number of nitrogens with zero attached hydrogens (tertiary/aromatic N) is 1. The Balaban J connectivity index is 2.42. The molecule has 0 heterocycles. The van der Waals surface area contributed by atoms with Crippen molar-refractivity contribution in [3.8, 4) is 0 Å². The molecule has 1 aliphatic carbocycles. The van der Waals surface area contributed by atoms with Crippen LogP contribution < -0.4 is 4.90 Å². The Morgan fingerprint density at radius 3 is 2.57 bits per heavy atom. The molecule has 116 valence electrons. The van der Waals surface area contributed by atoms with Gasteiger partial charge in [0.25, 0.3) is 0 Å². The van der Waals surface area contributed by atoms with Crippen LogP contribution in [0.25, 0.3) is 0 Å². The summed E-state index contributed by atoms with van der Waals surface area (Å²) in [5, 5.41) is 8.87. The zero-order chi connectivity index (χ0) is 15.6. The molecule has 0 atom stereocenters. The van der Waals surface area contributed by atoms with E-state index in [1.54, 1.807) is 4.90 Å². The summed E-state index contributed by atoms with van der Waals surface area (Å²) in [7, 11) is 1.49. The van der Waals surface area contributed by atoms with E-state index in [2.05, 4.69) is 0 Å². The second-order valence-electron chi connectivity index (χ2n) is 4.95. The van der Waals surface area contributed by atoms with Gasteiger partial charge in [0.15, 0.2) is 0 Å². The number of carbonyl (C=O) groups is 1. The third-order valence-electron chi connectivity index (χ3n) is 3.38. The minimum Gasteiger partial charge on any atom is -0.478 e. The predicted octanol–water partition coefficient (Wildman–Crippen LogP) is 3.02. The van der Waals surface area contributed by atoms with Crippen LogP contribution in [0.4, 0.5) is 18.9 Å². The van der Waals surface area contributed by atoms with Gasteiger partial charge in [0.05, 0.1) is 17.7 Å². The Morgan fingerprint density at radius 1 is 1.43 bits per heavy atom. The van der Waals surface area contributed by atoms with Gasteiger partial charge in [-0.05, 0) is 31.0 Å². The fourth-order valence-electron chi connectivity index (χ4n) is 2.22. The number of carboxylic acids is 1. The van der Waals surface area contributed by atoms with Crippen molar-refractivity contribution in [1.82, 2.24) is 0 Å². The summed E-state index contributed by atoms with van der Waals surface area (Å²) in [5.41, 5.74) is -1.26. The number of ether oxygens (including phenoxy) is 1. The van der Waals surface area contributed by atoms with E-state index in [1.807, 2.05) is 0 Å². The topological polar surface area (TPSA) is 49.8 Å². The zero-order valence-corrected chi connectivity index (χ0v) is 11.5. The Morgan fingerprint density at radius 2 is 2.10 bits per heavy atom. The molecule has 1 aromatic rings. The maximum Gasteiger partial charge on any atom is 0.418 e. The molecular formula is C14H16F3NO3. The average Bonchev–Trinajstić information content (AvgIpc) is 3.22. The van der Waals surface area contributed by atoms with Crippen molar-refractivity contribution in [2.45, 2.75) is 25.1 Å². The second-order valence-corrected chi connectivity index (χ2v) is 4.95. The van der Waals surface area contributed by atoms with Crippen molar-refractivity contribution in [2.24, 2.45) is 0 Å². The van der Waals surface area contributed by atoms with Crippen molar-refractivity contribution >= 4 is 11.7 Å². The molecule has 1 N–H and O–H groups in total. The third kappa shape index (κ3) is 3.66. The fraction of sp³-hybridized carbons (Fsp3) is 0.500. The maximum atomic E-state index is 13.2.